The maximum atomic E-state index is 12.9. The Labute approximate surface area is 225 Å². The molecule has 0 aliphatic carbocycles. The fraction of sp³-hybridized carbons (Fsp3) is 0.231. The number of carbonyl (C=O) groups is 2. The molecule has 1 aromatic heterocycles. The second kappa shape index (κ2) is 11.6. The second-order valence-corrected chi connectivity index (χ2v) is 11.2. The number of nitrogens with zero attached hydrogens (tertiary/aromatic N) is 2. The first kappa shape index (κ1) is 27.0. The molecule has 0 unspecified atom stereocenters. The normalized spacial score (nSPS) is 15.0. The lowest BCUT2D eigenvalue weighted by Gasteiger charge is -2.13. The van der Waals surface area contributed by atoms with Crippen LogP contribution in [0.5, 0.6) is 0 Å². The van der Waals surface area contributed by atoms with E-state index in [9.17, 15) is 22.8 Å². The fourth-order valence-corrected chi connectivity index (χ4v) is 5.76. The molecule has 2 amide bonds. The van der Waals surface area contributed by atoms with Gasteiger partial charge in [-0.1, -0.05) is 72.0 Å². The molecule has 0 radical (unpaired) electrons. The standard InChI is InChI=1S/C26H22F3N3O2S3/c1-16-7-9-17(10-8-16)14-21-23(34)32(25(35)37-21)11-3-6-22(33)31-24-30-15-20(36-24)13-18-4-2-5-19(12-18)26(27,28)29/h2,4-5,7-10,12,14-15H,3,6,11,13H2,1H3,(H,30,31,33). The molecule has 2 aromatic carbocycles. The zero-order chi connectivity index (χ0) is 26.6. The SMILES string of the molecule is Cc1ccc(C=C2SC(=S)N(CCCC(=O)Nc3ncc(Cc4cccc(C(F)(F)F)c4)s3)C2=O)cc1. The van der Waals surface area contributed by atoms with Crippen LogP contribution in [0.15, 0.2) is 59.6 Å². The summed E-state index contributed by atoms with van der Waals surface area (Å²) < 4.78 is 39.2. The first-order valence-corrected chi connectivity index (χ1v) is 13.4. The van der Waals surface area contributed by atoms with Gasteiger partial charge in [-0.05, 0) is 36.6 Å². The summed E-state index contributed by atoms with van der Waals surface area (Å²) in [7, 11) is 0. The molecule has 3 aromatic rings. The molecule has 0 atom stereocenters. The van der Waals surface area contributed by atoms with Crippen molar-refractivity contribution in [2.75, 3.05) is 11.9 Å². The molecule has 1 N–H and O–H groups in total. The molecule has 0 bridgehead atoms. The van der Waals surface area contributed by atoms with Crippen LogP contribution in [0, 0.1) is 6.92 Å². The van der Waals surface area contributed by atoms with Gasteiger partial charge in [0, 0.05) is 30.5 Å². The first-order chi connectivity index (χ1) is 17.6. The number of rotatable bonds is 8. The molecular weight excluding hydrogens is 540 g/mol. The number of aromatic nitrogens is 1. The van der Waals surface area contributed by atoms with Gasteiger partial charge in [-0.3, -0.25) is 14.5 Å². The summed E-state index contributed by atoms with van der Waals surface area (Å²) >= 11 is 7.81. The van der Waals surface area contributed by atoms with Crippen molar-refractivity contribution in [3.8, 4) is 0 Å². The molecule has 5 nitrogen and oxygen atoms in total. The van der Waals surface area contributed by atoms with E-state index in [1.807, 2.05) is 37.3 Å². The molecule has 2 heterocycles. The van der Waals surface area contributed by atoms with Crippen molar-refractivity contribution in [3.63, 3.8) is 0 Å². The zero-order valence-corrected chi connectivity index (χ0v) is 22.1. The summed E-state index contributed by atoms with van der Waals surface area (Å²) in [5.74, 6) is -0.434. The number of thiazole rings is 1. The number of hydrogen-bond donors (Lipinski definition) is 1. The summed E-state index contributed by atoms with van der Waals surface area (Å²) in [6, 6.07) is 13.0. The van der Waals surface area contributed by atoms with Crippen molar-refractivity contribution < 1.29 is 22.8 Å². The third-order valence-corrected chi connectivity index (χ3v) is 7.76. The molecule has 11 heteroatoms. The Morgan fingerprint density at radius 2 is 1.95 bits per heavy atom. The topological polar surface area (TPSA) is 62.3 Å². The number of benzene rings is 2. The average Bonchev–Trinajstić information content (AvgIpc) is 3.38. The van der Waals surface area contributed by atoms with Crippen molar-refractivity contribution in [1.82, 2.24) is 9.88 Å². The van der Waals surface area contributed by atoms with E-state index in [0.717, 1.165) is 28.1 Å². The Hall–Kier alpha value is -3.02. The van der Waals surface area contributed by atoms with Gasteiger partial charge < -0.3 is 5.32 Å². The monoisotopic (exact) mass is 561 g/mol. The number of anilines is 1. The van der Waals surface area contributed by atoms with Crippen molar-refractivity contribution in [2.24, 2.45) is 0 Å². The minimum absolute atomic E-state index is 0.163. The number of alkyl halides is 3. The number of carbonyl (C=O) groups excluding carboxylic acids is 2. The quantitative estimate of drug-likeness (QED) is 0.246. The molecule has 1 aliphatic rings. The van der Waals surface area contributed by atoms with Crippen LogP contribution in [-0.2, 0) is 22.2 Å². The van der Waals surface area contributed by atoms with E-state index in [-0.39, 0.29) is 24.7 Å². The predicted octanol–water partition coefficient (Wildman–Crippen LogP) is 6.68. The van der Waals surface area contributed by atoms with Gasteiger partial charge in [0.1, 0.15) is 4.32 Å². The van der Waals surface area contributed by atoms with Gasteiger partial charge in [-0.2, -0.15) is 13.2 Å². The van der Waals surface area contributed by atoms with Gasteiger partial charge in [0.15, 0.2) is 5.13 Å². The van der Waals surface area contributed by atoms with E-state index in [0.29, 0.717) is 32.9 Å². The number of aryl methyl sites for hydroxylation is 1. The number of thioether (sulfide) groups is 1. The summed E-state index contributed by atoms with van der Waals surface area (Å²) in [4.78, 5) is 32.1. The van der Waals surface area contributed by atoms with Gasteiger partial charge in [-0.25, -0.2) is 4.98 Å². The molecule has 192 valence electrons. The van der Waals surface area contributed by atoms with Crippen molar-refractivity contribution in [1.29, 1.82) is 0 Å². The van der Waals surface area contributed by atoms with Crippen molar-refractivity contribution in [2.45, 2.75) is 32.4 Å². The Kier molecular flexibility index (Phi) is 8.46. The Balaban J connectivity index is 1.26. The third-order valence-electron chi connectivity index (χ3n) is 5.47. The lowest BCUT2D eigenvalue weighted by molar-refractivity contribution is -0.137. The highest BCUT2D eigenvalue weighted by molar-refractivity contribution is 8.26. The summed E-state index contributed by atoms with van der Waals surface area (Å²) in [6.45, 7) is 2.32. The van der Waals surface area contributed by atoms with Crippen LogP contribution in [0.4, 0.5) is 18.3 Å². The molecule has 0 spiro atoms. The van der Waals surface area contributed by atoms with E-state index in [2.05, 4.69) is 10.3 Å². The molecular formula is C26H22F3N3O2S3. The van der Waals surface area contributed by atoms with Gasteiger partial charge in [-0.15, -0.1) is 11.3 Å². The maximum absolute atomic E-state index is 12.9. The third kappa shape index (κ3) is 7.27. The van der Waals surface area contributed by atoms with Gasteiger partial charge in [0.05, 0.1) is 10.5 Å². The lowest BCUT2D eigenvalue weighted by Crippen LogP contribution is -2.29. The Morgan fingerprint density at radius 1 is 1.19 bits per heavy atom. The van der Waals surface area contributed by atoms with E-state index in [4.69, 9.17) is 12.2 Å². The van der Waals surface area contributed by atoms with Crippen LogP contribution in [0.25, 0.3) is 6.08 Å². The highest BCUT2D eigenvalue weighted by Crippen LogP contribution is 2.33. The fourth-order valence-electron chi connectivity index (χ4n) is 3.59. The molecule has 0 saturated carbocycles. The zero-order valence-electron chi connectivity index (χ0n) is 19.7. The van der Waals surface area contributed by atoms with Gasteiger partial charge in [0.2, 0.25) is 5.91 Å². The van der Waals surface area contributed by atoms with Crippen LogP contribution in [0.3, 0.4) is 0 Å². The number of amides is 2. The van der Waals surface area contributed by atoms with Crippen LogP contribution < -0.4 is 5.32 Å². The van der Waals surface area contributed by atoms with E-state index in [1.165, 1.54) is 34.1 Å². The number of nitrogens with one attached hydrogen (secondary N) is 1. The summed E-state index contributed by atoms with van der Waals surface area (Å²) in [5.41, 5.74) is 1.86. The molecule has 1 saturated heterocycles. The second-order valence-electron chi connectivity index (χ2n) is 8.40. The smallest absolute Gasteiger partial charge is 0.302 e. The van der Waals surface area contributed by atoms with Crippen LogP contribution >= 0.6 is 35.3 Å². The van der Waals surface area contributed by atoms with Gasteiger partial charge >= 0.3 is 6.18 Å². The van der Waals surface area contributed by atoms with Crippen LogP contribution in [0.1, 0.15) is 40.0 Å². The van der Waals surface area contributed by atoms with E-state index >= 15 is 0 Å². The van der Waals surface area contributed by atoms with Gasteiger partial charge in [0.25, 0.3) is 5.91 Å². The van der Waals surface area contributed by atoms with Crippen LogP contribution in [-0.4, -0.2) is 32.6 Å². The molecule has 1 aliphatic heterocycles. The van der Waals surface area contributed by atoms with Crippen LogP contribution in [0.2, 0.25) is 0 Å². The summed E-state index contributed by atoms with van der Waals surface area (Å²) in [6.07, 6.45) is -0.187. The lowest BCUT2D eigenvalue weighted by atomic mass is 10.1. The number of thiocarbonyl (C=S) groups is 1. The molecule has 1 fully saturated rings. The van der Waals surface area contributed by atoms with E-state index < -0.39 is 11.7 Å². The highest BCUT2D eigenvalue weighted by Gasteiger charge is 2.32. The highest BCUT2D eigenvalue weighted by atomic mass is 32.2. The first-order valence-electron chi connectivity index (χ1n) is 11.3. The Morgan fingerprint density at radius 3 is 2.68 bits per heavy atom. The molecule has 37 heavy (non-hydrogen) atoms. The largest absolute Gasteiger partial charge is 0.416 e. The minimum atomic E-state index is -4.40. The molecule has 4 rings (SSSR count). The summed E-state index contributed by atoms with van der Waals surface area (Å²) in [5, 5.41) is 3.09. The Bertz CT molecular complexity index is 1350. The van der Waals surface area contributed by atoms with E-state index in [1.54, 1.807) is 12.3 Å². The average molecular weight is 562 g/mol. The van der Waals surface area contributed by atoms with Crippen molar-refractivity contribution in [3.05, 3.63) is 86.8 Å². The minimum Gasteiger partial charge on any atom is -0.302 e. The number of halogens is 3. The number of hydrogen-bond acceptors (Lipinski definition) is 6. The maximum Gasteiger partial charge on any atom is 0.416 e. The van der Waals surface area contributed by atoms with Crippen molar-refractivity contribution >= 4 is 62.7 Å². The predicted molar refractivity (Wildman–Crippen MR) is 145 cm³/mol.